The Morgan fingerprint density at radius 2 is 2.12 bits per heavy atom. The van der Waals surface area contributed by atoms with E-state index in [1.807, 2.05) is 49.2 Å². The Morgan fingerprint density at radius 3 is 2.75 bits per heavy atom. The molecule has 0 saturated heterocycles. The van der Waals surface area contributed by atoms with Crippen LogP contribution in [-0.2, 0) is 13.1 Å². The summed E-state index contributed by atoms with van der Waals surface area (Å²) in [5.74, 6) is 1.74. The van der Waals surface area contributed by atoms with Crippen LogP contribution in [0.3, 0.4) is 0 Å². The second kappa shape index (κ2) is 10.2. The maximum atomic E-state index is 5.40. The number of nitrogens with one attached hydrogen (secondary N) is 1. The molecule has 2 aromatic rings. The van der Waals surface area contributed by atoms with Crippen LogP contribution in [0, 0.1) is 6.92 Å². The van der Waals surface area contributed by atoms with Crippen LogP contribution in [0.15, 0.2) is 41.7 Å². The van der Waals surface area contributed by atoms with Crippen molar-refractivity contribution in [2.24, 2.45) is 4.99 Å². The number of methoxy groups -OCH3 is 1. The maximum Gasteiger partial charge on any atom is 0.193 e. The van der Waals surface area contributed by atoms with Gasteiger partial charge in [-0.1, -0.05) is 18.2 Å². The molecule has 0 aliphatic carbocycles. The molecule has 7 heteroatoms. The molecule has 0 fully saturated rings. The fourth-order valence-corrected chi connectivity index (χ4v) is 2.42. The van der Waals surface area contributed by atoms with Gasteiger partial charge >= 0.3 is 0 Å². The third-order valence-corrected chi connectivity index (χ3v) is 3.56. The van der Waals surface area contributed by atoms with E-state index in [-0.39, 0.29) is 24.0 Å². The second-order valence-corrected chi connectivity index (χ2v) is 5.42. The average molecular weight is 443 g/mol. The first-order valence-corrected chi connectivity index (χ1v) is 7.66. The van der Waals surface area contributed by atoms with Crippen LogP contribution in [0.1, 0.15) is 11.1 Å². The molecular formula is C17H26IN5O. The van der Waals surface area contributed by atoms with E-state index in [2.05, 4.69) is 26.4 Å². The largest absolute Gasteiger partial charge is 0.496 e. The number of nitrogens with zero attached hydrogens (tertiary/aromatic N) is 4. The standard InChI is InChI=1S/C17H25N5O.HI/c1-14-11-20-22(12-14)10-9-19-17(18-2)21(3)13-15-7-5-6-8-16(15)23-4;/h5-8,11-12H,9-10,13H2,1-4H3,(H,18,19);1H. The van der Waals surface area contributed by atoms with Gasteiger partial charge in [-0.2, -0.15) is 5.10 Å². The minimum absolute atomic E-state index is 0. The summed E-state index contributed by atoms with van der Waals surface area (Å²) in [5.41, 5.74) is 2.30. The molecule has 0 unspecified atom stereocenters. The van der Waals surface area contributed by atoms with E-state index in [9.17, 15) is 0 Å². The molecule has 1 aromatic heterocycles. The highest BCUT2D eigenvalue weighted by atomic mass is 127. The Balaban J connectivity index is 0.00000288. The van der Waals surface area contributed by atoms with Crippen LogP contribution < -0.4 is 10.1 Å². The average Bonchev–Trinajstić information content (AvgIpc) is 2.97. The molecule has 0 bridgehead atoms. The predicted molar refractivity (Wildman–Crippen MR) is 108 cm³/mol. The quantitative estimate of drug-likeness (QED) is 0.424. The minimum Gasteiger partial charge on any atom is -0.496 e. The predicted octanol–water partition coefficient (Wildman–Crippen LogP) is 2.53. The number of rotatable bonds is 6. The topological polar surface area (TPSA) is 54.7 Å². The summed E-state index contributed by atoms with van der Waals surface area (Å²) in [4.78, 5) is 6.41. The van der Waals surface area contributed by atoms with Crippen LogP contribution in [0.25, 0.3) is 0 Å². The molecule has 0 amide bonds. The Kier molecular flexibility index (Phi) is 8.59. The minimum atomic E-state index is 0. The highest BCUT2D eigenvalue weighted by molar-refractivity contribution is 14.0. The normalized spacial score (nSPS) is 10.9. The van der Waals surface area contributed by atoms with Crippen molar-refractivity contribution in [3.63, 3.8) is 0 Å². The van der Waals surface area contributed by atoms with Gasteiger partial charge in [0.25, 0.3) is 0 Å². The number of para-hydroxylation sites is 1. The molecule has 2 rings (SSSR count). The fourth-order valence-electron chi connectivity index (χ4n) is 2.42. The number of aliphatic imine (C=N–C) groups is 1. The highest BCUT2D eigenvalue weighted by Crippen LogP contribution is 2.18. The van der Waals surface area contributed by atoms with Crippen LogP contribution in [0.5, 0.6) is 5.75 Å². The van der Waals surface area contributed by atoms with Crippen molar-refractivity contribution < 1.29 is 4.74 Å². The SMILES string of the molecule is CN=C(NCCn1cc(C)cn1)N(C)Cc1ccccc1OC.I. The van der Waals surface area contributed by atoms with Gasteiger partial charge in [0.2, 0.25) is 0 Å². The molecule has 0 radical (unpaired) electrons. The first kappa shape index (κ1) is 20.3. The zero-order chi connectivity index (χ0) is 16.7. The number of benzene rings is 1. The lowest BCUT2D eigenvalue weighted by molar-refractivity contribution is 0.395. The Morgan fingerprint density at radius 1 is 1.38 bits per heavy atom. The van der Waals surface area contributed by atoms with Gasteiger partial charge in [0.15, 0.2) is 5.96 Å². The number of halogens is 1. The molecule has 0 aliphatic heterocycles. The smallest absolute Gasteiger partial charge is 0.193 e. The number of guanidine groups is 1. The van der Waals surface area contributed by atoms with Crippen LogP contribution in [0.4, 0.5) is 0 Å². The van der Waals surface area contributed by atoms with Crippen molar-refractivity contribution in [2.45, 2.75) is 20.0 Å². The molecule has 0 aliphatic rings. The fraction of sp³-hybridized carbons (Fsp3) is 0.412. The van der Waals surface area contributed by atoms with Gasteiger partial charge in [0, 0.05) is 38.9 Å². The Hall–Kier alpha value is -1.77. The third-order valence-electron chi connectivity index (χ3n) is 3.56. The van der Waals surface area contributed by atoms with E-state index in [0.29, 0.717) is 0 Å². The summed E-state index contributed by atoms with van der Waals surface area (Å²) in [6, 6.07) is 8.03. The van der Waals surface area contributed by atoms with Crippen molar-refractivity contribution >= 4 is 29.9 Å². The number of aromatic nitrogens is 2. The van der Waals surface area contributed by atoms with Gasteiger partial charge in [-0.3, -0.25) is 9.67 Å². The summed E-state index contributed by atoms with van der Waals surface area (Å²) in [5, 5.41) is 7.64. The number of hydrogen-bond donors (Lipinski definition) is 1. The number of aryl methyl sites for hydroxylation is 1. The lowest BCUT2D eigenvalue weighted by Gasteiger charge is -2.23. The first-order chi connectivity index (χ1) is 11.1. The van der Waals surface area contributed by atoms with Gasteiger partial charge in [0.1, 0.15) is 5.75 Å². The lowest BCUT2D eigenvalue weighted by Crippen LogP contribution is -2.39. The van der Waals surface area contributed by atoms with E-state index in [1.165, 1.54) is 5.56 Å². The van der Waals surface area contributed by atoms with Crippen LogP contribution in [0.2, 0.25) is 0 Å². The summed E-state index contributed by atoms with van der Waals surface area (Å²) < 4.78 is 7.33. The van der Waals surface area contributed by atoms with Crippen molar-refractivity contribution in [1.29, 1.82) is 0 Å². The molecule has 0 atom stereocenters. The van der Waals surface area contributed by atoms with Crippen LogP contribution >= 0.6 is 24.0 Å². The van der Waals surface area contributed by atoms with Crippen molar-refractivity contribution in [3.8, 4) is 5.75 Å². The Bertz CT molecular complexity index is 656. The molecule has 1 aromatic carbocycles. The van der Waals surface area contributed by atoms with Gasteiger partial charge in [-0.15, -0.1) is 24.0 Å². The number of hydrogen-bond acceptors (Lipinski definition) is 3. The van der Waals surface area contributed by atoms with Crippen LogP contribution in [-0.4, -0.2) is 48.4 Å². The highest BCUT2D eigenvalue weighted by Gasteiger charge is 2.09. The molecule has 0 spiro atoms. The molecule has 6 nitrogen and oxygen atoms in total. The summed E-state index contributed by atoms with van der Waals surface area (Å²) in [6.45, 7) is 4.33. The second-order valence-electron chi connectivity index (χ2n) is 5.42. The molecule has 24 heavy (non-hydrogen) atoms. The lowest BCUT2D eigenvalue weighted by atomic mass is 10.2. The maximum absolute atomic E-state index is 5.40. The summed E-state index contributed by atoms with van der Waals surface area (Å²) in [7, 11) is 5.50. The molecular weight excluding hydrogens is 417 g/mol. The van der Waals surface area contributed by atoms with Crippen molar-refractivity contribution in [3.05, 3.63) is 47.8 Å². The zero-order valence-electron chi connectivity index (χ0n) is 14.7. The van der Waals surface area contributed by atoms with Crippen molar-refractivity contribution in [1.82, 2.24) is 20.0 Å². The van der Waals surface area contributed by atoms with Crippen molar-refractivity contribution in [2.75, 3.05) is 27.7 Å². The van der Waals surface area contributed by atoms with Gasteiger partial charge < -0.3 is 15.0 Å². The van der Waals surface area contributed by atoms with E-state index in [4.69, 9.17) is 4.74 Å². The van der Waals surface area contributed by atoms with Gasteiger partial charge in [0.05, 0.1) is 19.9 Å². The summed E-state index contributed by atoms with van der Waals surface area (Å²) >= 11 is 0. The molecule has 132 valence electrons. The summed E-state index contributed by atoms with van der Waals surface area (Å²) in [6.07, 6.45) is 3.89. The zero-order valence-corrected chi connectivity index (χ0v) is 17.0. The monoisotopic (exact) mass is 443 g/mol. The number of ether oxygens (including phenoxy) is 1. The Labute approximate surface area is 160 Å². The molecule has 1 N–H and O–H groups in total. The first-order valence-electron chi connectivity index (χ1n) is 7.66. The van der Waals surface area contributed by atoms with E-state index < -0.39 is 0 Å². The van der Waals surface area contributed by atoms with Gasteiger partial charge in [-0.25, -0.2) is 0 Å². The molecule has 1 heterocycles. The van der Waals surface area contributed by atoms with E-state index in [1.54, 1.807) is 14.2 Å². The molecule has 0 saturated carbocycles. The third kappa shape index (κ3) is 5.70. The van der Waals surface area contributed by atoms with E-state index in [0.717, 1.165) is 36.9 Å². The van der Waals surface area contributed by atoms with E-state index >= 15 is 0 Å². The van der Waals surface area contributed by atoms with Gasteiger partial charge in [-0.05, 0) is 18.6 Å².